The van der Waals surface area contributed by atoms with Crippen molar-refractivity contribution in [1.29, 1.82) is 0 Å². The minimum atomic E-state index is 0.101. The molecule has 0 radical (unpaired) electrons. The first-order chi connectivity index (χ1) is 11.6. The van der Waals surface area contributed by atoms with E-state index in [0.29, 0.717) is 41.9 Å². The van der Waals surface area contributed by atoms with Crippen molar-refractivity contribution in [3.8, 4) is 0 Å². The zero-order valence-corrected chi connectivity index (χ0v) is 14.3. The fourth-order valence-electron chi connectivity index (χ4n) is 3.19. The summed E-state index contributed by atoms with van der Waals surface area (Å²) in [5, 5.41) is 5.73. The molecule has 24 heavy (non-hydrogen) atoms. The summed E-state index contributed by atoms with van der Waals surface area (Å²) in [6.45, 7) is 1.31. The number of aromatic amines is 1. The maximum atomic E-state index is 12.5. The number of nitrogens with one attached hydrogen (secondary N) is 1. The predicted molar refractivity (Wildman–Crippen MR) is 92.3 cm³/mol. The Morgan fingerprint density at radius 2 is 2.21 bits per heavy atom. The SMILES string of the molecule is O=C(CCc1cc(Cl)no1)N1CCc2[nH]c3ccc(Cl)cc3c2C1. The standard InChI is InChI=1S/C17H15Cl2N3O2/c18-10-1-3-14-12(7-10)13-9-22(6-5-15(13)20-14)17(23)4-2-11-8-16(19)21-24-11/h1,3,7-8,20H,2,4-6,9H2. The van der Waals surface area contributed by atoms with E-state index in [1.807, 2.05) is 23.1 Å². The van der Waals surface area contributed by atoms with Crippen molar-refractivity contribution >= 4 is 40.0 Å². The van der Waals surface area contributed by atoms with Crippen LogP contribution in [0, 0.1) is 0 Å². The van der Waals surface area contributed by atoms with Crippen LogP contribution >= 0.6 is 23.2 Å². The molecule has 1 aliphatic rings. The van der Waals surface area contributed by atoms with Gasteiger partial charge in [0, 0.05) is 65.6 Å². The number of carbonyl (C=O) groups is 1. The number of nitrogens with zero attached hydrogens (tertiary/aromatic N) is 2. The average molecular weight is 364 g/mol. The molecule has 0 saturated heterocycles. The van der Waals surface area contributed by atoms with Crippen LogP contribution in [0.15, 0.2) is 28.8 Å². The fourth-order valence-corrected chi connectivity index (χ4v) is 3.52. The lowest BCUT2D eigenvalue weighted by atomic mass is 10.0. The second-order valence-corrected chi connectivity index (χ2v) is 6.78. The Balaban J connectivity index is 1.49. The van der Waals surface area contributed by atoms with Gasteiger partial charge in [-0.1, -0.05) is 28.4 Å². The number of benzene rings is 1. The van der Waals surface area contributed by atoms with E-state index >= 15 is 0 Å². The van der Waals surface area contributed by atoms with Gasteiger partial charge in [-0.2, -0.15) is 0 Å². The number of hydrogen-bond acceptors (Lipinski definition) is 3. The van der Waals surface area contributed by atoms with Crippen LogP contribution in [-0.2, 0) is 24.2 Å². The Kier molecular flexibility index (Phi) is 3.98. The van der Waals surface area contributed by atoms with Crippen LogP contribution in [0.2, 0.25) is 10.2 Å². The molecule has 2 aromatic heterocycles. The molecule has 0 unspecified atom stereocenters. The van der Waals surface area contributed by atoms with Gasteiger partial charge in [-0.05, 0) is 18.2 Å². The van der Waals surface area contributed by atoms with Crippen molar-refractivity contribution in [1.82, 2.24) is 15.0 Å². The normalized spacial score (nSPS) is 14.2. The maximum absolute atomic E-state index is 12.5. The highest BCUT2D eigenvalue weighted by molar-refractivity contribution is 6.31. The molecule has 1 aliphatic heterocycles. The molecule has 0 fully saturated rings. The summed E-state index contributed by atoms with van der Waals surface area (Å²) in [6, 6.07) is 7.45. The molecule has 7 heteroatoms. The van der Waals surface area contributed by atoms with Gasteiger partial charge in [0.15, 0.2) is 5.15 Å². The second kappa shape index (κ2) is 6.15. The summed E-state index contributed by atoms with van der Waals surface area (Å²) >= 11 is 11.8. The molecular formula is C17H15Cl2N3O2. The van der Waals surface area contributed by atoms with Gasteiger partial charge in [0.1, 0.15) is 5.76 Å². The Bertz CT molecular complexity index is 916. The summed E-state index contributed by atoms with van der Waals surface area (Å²) in [5.74, 6) is 0.731. The van der Waals surface area contributed by atoms with E-state index in [9.17, 15) is 4.79 Å². The van der Waals surface area contributed by atoms with Crippen molar-refractivity contribution in [2.45, 2.75) is 25.8 Å². The molecule has 0 aliphatic carbocycles. The summed E-state index contributed by atoms with van der Waals surface area (Å²) in [7, 11) is 0. The molecule has 3 heterocycles. The molecule has 0 atom stereocenters. The Morgan fingerprint density at radius 1 is 1.33 bits per heavy atom. The highest BCUT2D eigenvalue weighted by Crippen LogP contribution is 2.30. The largest absolute Gasteiger partial charge is 0.360 e. The number of hydrogen-bond donors (Lipinski definition) is 1. The van der Waals surface area contributed by atoms with Gasteiger partial charge in [0.25, 0.3) is 0 Å². The van der Waals surface area contributed by atoms with Crippen molar-refractivity contribution in [3.63, 3.8) is 0 Å². The lowest BCUT2D eigenvalue weighted by Gasteiger charge is -2.27. The number of amides is 1. The maximum Gasteiger partial charge on any atom is 0.223 e. The molecular weight excluding hydrogens is 349 g/mol. The molecule has 124 valence electrons. The van der Waals surface area contributed by atoms with Gasteiger partial charge in [-0.15, -0.1) is 0 Å². The van der Waals surface area contributed by atoms with E-state index < -0.39 is 0 Å². The number of halogens is 2. The van der Waals surface area contributed by atoms with Crippen LogP contribution in [-0.4, -0.2) is 27.5 Å². The van der Waals surface area contributed by atoms with E-state index in [2.05, 4.69) is 10.1 Å². The molecule has 0 spiro atoms. The minimum Gasteiger partial charge on any atom is -0.360 e. The molecule has 0 saturated carbocycles. The number of rotatable bonds is 3. The monoisotopic (exact) mass is 363 g/mol. The molecule has 1 amide bonds. The zero-order valence-electron chi connectivity index (χ0n) is 12.8. The van der Waals surface area contributed by atoms with Crippen LogP contribution in [0.3, 0.4) is 0 Å². The van der Waals surface area contributed by atoms with E-state index in [1.165, 1.54) is 5.69 Å². The average Bonchev–Trinajstić information content (AvgIpc) is 3.15. The lowest BCUT2D eigenvalue weighted by Crippen LogP contribution is -2.35. The molecule has 0 bridgehead atoms. The number of H-pyrrole nitrogens is 1. The van der Waals surface area contributed by atoms with E-state index in [0.717, 1.165) is 22.9 Å². The van der Waals surface area contributed by atoms with Crippen LogP contribution in [0.4, 0.5) is 0 Å². The summed E-state index contributed by atoms with van der Waals surface area (Å²) in [4.78, 5) is 17.8. The van der Waals surface area contributed by atoms with Crippen LogP contribution < -0.4 is 0 Å². The zero-order chi connectivity index (χ0) is 16.7. The van der Waals surface area contributed by atoms with Gasteiger partial charge in [-0.25, -0.2) is 0 Å². The number of fused-ring (bicyclic) bond motifs is 3. The smallest absolute Gasteiger partial charge is 0.223 e. The molecule has 5 nitrogen and oxygen atoms in total. The van der Waals surface area contributed by atoms with Crippen molar-refractivity contribution in [2.75, 3.05) is 6.54 Å². The minimum absolute atomic E-state index is 0.101. The summed E-state index contributed by atoms with van der Waals surface area (Å²) in [6.07, 6.45) is 1.70. The van der Waals surface area contributed by atoms with Crippen LogP contribution in [0.5, 0.6) is 0 Å². The summed E-state index contributed by atoms with van der Waals surface area (Å²) in [5.41, 5.74) is 3.42. The van der Waals surface area contributed by atoms with Gasteiger partial charge < -0.3 is 14.4 Å². The van der Waals surface area contributed by atoms with E-state index in [4.69, 9.17) is 27.7 Å². The van der Waals surface area contributed by atoms with E-state index in [1.54, 1.807) is 6.07 Å². The van der Waals surface area contributed by atoms with Crippen molar-refractivity contribution in [2.24, 2.45) is 0 Å². The van der Waals surface area contributed by atoms with Crippen LogP contribution in [0.25, 0.3) is 10.9 Å². The van der Waals surface area contributed by atoms with Crippen molar-refractivity contribution in [3.05, 3.63) is 51.5 Å². The molecule has 1 N–H and O–H groups in total. The fraction of sp³-hybridized carbons (Fsp3) is 0.294. The molecule has 4 rings (SSSR count). The lowest BCUT2D eigenvalue weighted by molar-refractivity contribution is -0.132. The highest BCUT2D eigenvalue weighted by Gasteiger charge is 2.24. The third-order valence-corrected chi connectivity index (χ3v) is 4.82. The Morgan fingerprint density at radius 3 is 3.00 bits per heavy atom. The third kappa shape index (κ3) is 2.89. The topological polar surface area (TPSA) is 62.1 Å². The first kappa shape index (κ1) is 15.5. The third-order valence-electron chi connectivity index (χ3n) is 4.41. The Hall–Kier alpha value is -1.98. The quantitative estimate of drug-likeness (QED) is 0.765. The van der Waals surface area contributed by atoms with Crippen molar-refractivity contribution < 1.29 is 9.32 Å². The van der Waals surface area contributed by atoms with Gasteiger partial charge >= 0.3 is 0 Å². The van der Waals surface area contributed by atoms with Gasteiger partial charge in [0.05, 0.1) is 0 Å². The Labute approximate surface area is 148 Å². The first-order valence-electron chi connectivity index (χ1n) is 7.78. The number of aromatic nitrogens is 2. The van der Waals surface area contributed by atoms with E-state index in [-0.39, 0.29) is 5.91 Å². The van der Waals surface area contributed by atoms with Crippen LogP contribution in [0.1, 0.15) is 23.4 Å². The molecule has 3 aromatic rings. The highest BCUT2D eigenvalue weighted by atomic mass is 35.5. The van der Waals surface area contributed by atoms with Gasteiger partial charge in [-0.3, -0.25) is 4.79 Å². The summed E-state index contributed by atoms with van der Waals surface area (Å²) < 4.78 is 5.04. The number of aryl methyl sites for hydroxylation is 1. The predicted octanol–water partition coefficient (Wildman–Crippen LogP) is 3.98. The van der Waals surface area contributed by atoms with Gasteiger partial charge in [0.2, 0.25) is 5.91 Å². The second-order valence-electron chi connectivity index (χ2n) is 5.95. The number of carbonyl (C=O) groups excluding carboxylic acids is 1. The molecule has 1 aromatic carbocycles. The first-order valence-corrected chi connectivity index (χ1v) is 8.53.